The highest BCUT2D eigenvalue weighted by molar-refractivity contribution is 7.46. The number of aliphatic hydroxyl groups excluding tert-OH is 1. The summed E-state index contributed by atoms with van der Waals surface area (Å²) in [5, 5.41) is 20.0. The number of piperidine rings is 1. The zero-order chi connectivity index (χ0) is 39.1. The number of hydrogen-bond donors (Lipinski definition) is 9. The lowest BCUT2D eigenvalue weighted by atomic mass is 9.99. The molecule has 3 rings (SSSR count). The van der Waals surface area contributed by atoms with Crippen molar-refractivity contribution in [1.82, 2.24) is 26.2 Å². The van der Waals surface area contributed by atoms with Gasteiger partial charge in [0.2, 0.25) is 41.4 Å². The van der Waals surface area contributed by atoms with Gasteiger partial charge in [0, 0.05) is 26.3 Å². The van der Waals surface area contributed by atoms with Crippen LogP contribution in [0.2, 0.25) is 0 Å². The third-order valence-electron chi connectivity index (χ3n) is 8.70. The maximum Gasteiger partial charge on any atom is 0.524 e. The summed E-state index contributed by atoms with van der Waals surface area (Å²) in [5.41, 5.74) is 11.1. The smallest absolute Gasteiger partial charge is 0.404 e. The fourth-order valence-corrected chi connectivity index (χ4v) is 6.60. The summed E-state index contributed by atoms with van der Waals surface area (Å²) >= 11 is 0. The van der Waals surface area contributed by atoms with Gasteiger partial charge in [-0.3, -0.25) is 43.3 Å². The molecule has 1 heterocycles. The van der Waals surface area contributed by atoms with Gasteiger partial charge in [-0.05, 0) is 61.6 Å². The second kappa shape index (κ2) is 17.8. The standard InChI is InChI=1S/C32H48N7O12P/c1-15(2)11-24(37-30(45)23(35-17(4)41)12-18-5-7-20(8-6-18)51-52(48,49)50)32(47)39-14-19-13-21(19)27(39)31(46)36-22(9-10-25(33)42)29(44)38-26(16(3)40)28(34)43/h5-8,15-16,19,21-24,26-27,40H,9-14H2,1-4H3,(H2,33,42)(H2,34,43)(H,35,41)(H,36,46)(H,37,45)(H,38,44)(H2,48,49,50)/t16?,19-,21-,22+,23+,24+,26+,27+/m0/s1. The number of phosphoric acid groups is 1. The zero-order valence-electron chi connectivity index (χ0n) is 29.3. The average Bonchev–Trinajstić information content (AvgIpc) is 3.68. The van der Waals surface area contributed by atoms with Crippen LogP contribution in [0.4, 0.5) is 0 Å². The van der Waals surface area contributed by atoms with Gasteiger partial charge in [0.15, 0.2) is 0 Å². The quantitative estimate of drug-likeness (QED) is 0.0673. The number of primary amides is 2. The lowest BCUT2D eigenvalue weighted by molar-refractivity contribution is -0.144. The van der Waals surface area contributed by atoms with Gasteiger partial charge >= 0.3 is 7.82 Å². The molecule has 288 valence electrons. The Kier molecular flexibility index (Phi) is 14.3. The van der Waals surface area contributed by atoms with E-state index in [0.29, 0.717) is 12.0 Å². The zero-order valence-corrected chi connectivity index (χ0v) is 30.2. The van der Waals surface area contributed by atoms with E-state index in [-0.39, 0.29) is 55.7 Å². The van der Waals surface area contributed by atoms with E-state index in [1.807, 2.05) is 13.8 Å². The largest absolute Gasteiger partial charge is 0.524 e. The molecule has 2 fully saturated rings. The molecule has 1 aromatic rings. The SMILES string of the molecule is CC(=O)N[C@H](Cc1ccc(OP(=O)(O)O)cc1)C(=O)N[C@H](CC(C)C)C(=O)N1C[C@@H]2C[C@@H]2[C@@H]1C(=O)N[C@H](CCC(N)=O)C(=O)N[C@@H](C(N)=O)C(C)O. The van der Waals surface area contributed by atoms with Gasteiger partial charge in [-0.25, -0.2) is 4.57 Å². The molecule has 20 heteroatoms. The van der Waals surface area contributed by atoms with Crippen LogP contribution >= 0.6 is 7.82 Å². The number of rotatable bonds is 19. The topological polar surface area (TPSA) is 310 Å². The molecule has 1 aliphatic heterocycles. The maximum atomic E-state index is 14.1. The molecule has 1 saturated heterocycles. The van der Waals surface area contributed by atoms with Crippen LogP contribution in [0.1, 0.15) is 58.9 Å². The Hall–Kier alpha value is -4.58. The van der Waals surface area contributed by atoms with Crippen molar-refractivity contribution in [3.05, 3.63) is 29.8 Å². The van der Waals surface area contributed by atoms with Crippen molar-refractivity contribution < 1.29 is 57.5 Å². The van der Waals surface area contributed by atoms with Crippen LogP contribution in [0.25, 0.3) is 0 Å². The van der Waals surface area contributed by atoms with Crippen molar-refractivity contribution in [3.63, 3.8) is 0 Å². The molecule has 0 spiro atoms. The first-order valence-corrected chi connectivity index (χ1v) is 18.3. The Morgan fingerprint density at radius 1 is 0.923 bits per heavy atom. The predicted octanol–water partition coefficient (Wildman–Crippen LogP) is -2.32. The molecular formula is C32H48N7O12P. The van der Waals surface area contributed by atoms with Crippen molar-refractivity contribution in [2.45, 2.75) is 96.1 Å². The van der Waals surface area contributed by atoms with E-state index in [4.69, 9.17) is 21.3 Å². The maximum absolute atomic E-state index is 14.1. The summed E-state index contributed by atoms with van der Waals surface area (Å²) in [6.45, 7) is 6.31. The summed E-state index contributed by atoms with van der Waals surface area (Å²) in [6.07, 6.45) is -1.17. The summed E-state index contributed by atoms with van der Waals surface area (Å²) < 4.78 is 15.7. The van der Waals surface area contributed by atoms with Gasteiger partial charge in [-0.15, -0.1) is 0 Å². The highest BCUT2D eigenvalue weighted by Gasteiger charge is 2.57. The highest BCUT2D eigenvalue weighted by atomic mass is 31.2. The Morgan fingerprint density at radius 3 is 2.06 bits per heavy atom. The lowest BCUT2D eigenvalue weighted by Gasteiger charge is -2.33. The first-order chi connectivity index (χ1) is 24.2. The van der Waals surface area contributed by atoms with Crippen molar-refractivity contribution >= 4 is 49.2 Å². The highest BCUT2D eigenvalue weighted by Crippen LogP contribution is 2.50. The van der Waals surface area contributed by atoms with Crippen LogP contribution < -0.4 is 37.3 Å². The molecule has 19 nitrogen and oxygen atoms in total. The van der Waals surface area contributed by atoms with Crippen LogP contribution in [0, 0.1) is 17.8 Å². The normalized spacial score (nSPS) is 20.7. The number of carbonyl (C=O) groups excluding carboxylic acids is 7. The van der Waals surface area contributed by atoms with Crippen LogP contribution in [0.15, 0.2) is 24.3 Å². The van der Waals surface area contributed by atoms with Crippen molar-refractivity contribution in [2.75, 3.05) is 6.54 Å². The Bertz CT molecular complexity index is 1570. The monoisotopic (exact) mass is 753 g/mol. The Morgan fingerprint density at radius 2 is 1.54 bits per heavy atom. The number of phosphoric ester groups is 1. The molecular weight excluding hydrogens is 705 g/mol. The van der Waals surface area contributed by atoms with E-state index in [9.17, 15) is 43.2 Å². The fraction of sp³-hybridized carbons (Fsp3) is 0.594. The van der Waals surface area contributed by atoms with Gasteiger partial charge in [0.05, 0.1) is 6.10 Å². The van der Waals surface area contributed by atoms with Crippen molar-refractivity contribution in [2.24, 2.45) is 29.2 Å². The molecule has 1 saturated carbocycles. The molecule has 1 aromatic carbocycles. The van der Waals surface area contributed by atoms with Crippen LogP contribution in [-0.4, -0.2) is 104 Å². The van der Waals surface area contributed by atoms with Gasteiger partial charge < -0.3 is 47.3 Å². The number of aliphatic hydroxyl groups is 1. The minimum atomic E-state index is -4.79. The second-order valence-electron chi connectivity index (χ2n) is 13.7. The Balaban J connectivity index is 1.80. The predicted molar refractivity (Wildman–Crippen MR) is 182 cm³/mol. The number of fused-ring (bicyclic) bond motifs is 1. The van der Waals surface area contributed by atoms with E-state index in [0.717, 1.165) is 0 Å². The third kappa shape index (κ3) is 12.3. The molecule has 52 heavy (non-hydrogen) atoms. The molecule has 11 N–H and O–H groups in total. The molecule has 1 aliphatic carbocycles. The third-order valence-corrected chi connectivity index (χ3v) is 9.15. The van der Waals surface area contributed by atoms with E-state index in [1.54, 1.807) is 0 Å². The number of likely N-dealkylation sites (tertiary alicyclic amines) is 1. The number of benzene rings is 1. The molecule has 0 radical (unpaired) electrons. The molecule has 0 aromatic heterocycles. The lowest BCUT2D eigenvalue weighted by Crippen LogP contribution is -2.60. The minimum absolute atomic E-state index is 0.00729. The summed E-state index contributed by atoms with van der Waals surface area (Å²) in [7, 11) is -4.79. The number of hydrogen-bond acceptors (Lipinski definition) is 10. The van der Waals surface area contributed by atoms with E-state index in [1.165, 1.54) is 43.0 Å². The fourth-order valence-electron chi connectivity index (χ4n) is 6.20. The summed E-state index contributed by atoms with van der Waals surface area (Å²) in [4.78, 5) is 109. The number of nitrogens with two attached hydrogens (primary N) is 2. The molecule has 8 atom stereocenters. The summed E-state index contributed by atoms with van der Waals surface area (Å²) in [5.74, 6) is -5.64. The average molecular weight is 754 g/mol. The molecule has 7 amide bonds. The first kappa shape index (κ1) is 41.8. The number of carbonyl (C=O) groups is 7. The van der Waals surface area contributed by atoms with Crippen molar-refractivity contribution in [3.8, 4) is 5.75 Å². The van der Waals surface area contributed by atoms with Crippen molar-refractivity contribution in [1.29, 1.82) is 0 Å². The molecule has 1 unspecified atom stereocenters. The number of nitrogens with one attached hydrogen (secondary N) is 4. The van der Waals surface area contributed by atoms with E-state index >= 15 is 0 Å². The van der Waals surface area contributed by atoms with Gasteiger partial charge in [0.1, 0.15) is 36.0 Å². The first-order valence-electron chi connectivity index (χ1n) is 16.7. The minimum Gasteiger partial charge on any atom is -0.404 e. The second-order valence-corrected chi connectivity index (χ2v) is 14.8. The van der Waals surface area contributed by atoms with Gasteiger partial charge in [0.25, 0.3) is 0 Å². The number of nitrogens with zero attached hydrogens (tertiary/aromatic N) is 1. The molecule has 0 bridgehead atoms. The van der Waals surface area contributed by atoms with Crippen LogP contribution in [0.5, 0.6) is 5.75 Å². The number of amides is 7. The van der Waals surface area contributed by atoms with E-state index < -0.39 is 85.5 Å². The Labute approximate surface area is 300 Å². The van der Waals surface area contributed by atoms with Gasteiger partial charge in [-0.2, -0.15) is 0 Å². The molecule has 2 aliphatic rings. The van der Waals surface area contributed by atoms with Gasteiger partial charge in [-0.1, -0.05) is 26.0 Å². The summed E-state index contributed by atoms with van der Waals surface area (Å²) in [6, 6.07) is -0.677. The van der Waals surface area contributed by atoms with E-state index in [2.05, 4.69) is 25.8 Å². The van der Waals surface area contributed by atoms with Crippen LogP contribution in [0.3, 0.4) is 0 Å². The van der Waals surface area contributed by atoms with Crippen LogP contribution in [-0.2, 0) is 44.5 Å².